The average Bonchev–Trinajstić information content (AvgIpc) is 2.86. The van der Waals surface area contributed by atoms with Crippen molar-refractivity contribution in [1.82, 2.24) is 0 Å². The van der Waals surface area contributed by atoms with E-state index in [1.165, 1.54) is 20.3 Å². The zero-order chi connectivity index (χ0) is 14.0. The molecule has 5 nitrogen and oxygen atoms in total. The van der Waals surface area contributed by atoms with Crippen molar-refractivity contribution in [1.29, 1.82) is 0 Å². The summed E-state index contributed by atoms with van der Waals surface area (Å²) < 4.78 is 18.0. The monoisotopic (exact) mass is 374 g/mol. The molecule has 100 valence electrons. The van der Waals surface area contributed by atoms with Crippen LogP contribution in [0.5, 0.6) is 0 Å². The third-order valence-corrected chi connectivity index (χ3v) is 4.78. The number of ether oxygens (including phenoxy) is 2. The lowest BCUT2D eigenvalue weighted by Crippen LogP contribution is -2.32. The van der Waals surface area contributed by atoms with Gasteiger partial charge in [-0.05, 0) is 10.1 Å². The van der Waals surface area contributed by atoms with Crippen molar-refractivity contribution >= 4 is 38.8 Å². The Morgan fingerprint density at radius 2 is 2.16 bits per heavy atom. The molecule has 1 aliphatic heterocycles. The summed E-state index contributed by atoms with van der Waals surface area (Å²) in [6.07, 6.45) is 0.759. The lowest BCUT2D eigenvalue weighted by molar-refractivity contribution is -0.111. The molecule has 0 aromatic heterocycles. The first-order valence-corrected chi connectivity index (χ1v) is 7.59. The van der Waals surface area contributed by atoms with Gasteiger partial charge in [-0.3, -0.25) is 4.79 Å². The maximum Gasteiger partial charge on any atom is 0.191 e. The first-order valence-electron chi connectivity index (χ1n) is 5.46. The summed E-state index contributed by atoms with van der Waals surface area (Å²) in [5.74, 6) is 0.896. The molecule has 2 rings (SSSR count). The summed E-state index contributed by atoms with van der Waals surface area (Å²) >= 11 is -0.563. The number of hydrogen-bond donors (Lipinski definition) is 1. The zero-order valence-electron chi connectivity index (χ0n) is 10.4. The molecule has 0 amide bonds. The van der Waals surface area contributed by atoms with Gasteiger partial charge in [-0.1, -0.05) is 0 Å². The lowest BCUT2D eigenvalue weighted by Gasteiger charge is -2.28. The lowest BCUT2D eigenvalue weighted by atomic mass is 9.87. The molecule has 2 aliphatic rings. The molecular formula is C12H12BIO5. The van der Waals surface area contributed by atoms with Gasteiger partial charge in [-0.15, -0.1) is 5.98 Å². The number of carbonyl (C=O) groups is 1. The van der Waals surface area contributed by atoms with E-state index in [0.29, 0.717) is 5.76 Å². The molecule has 1 heterocycles. The van der Waals surface area contributed by atoms with E-state index in [9.17, 15) is 9.90 Å². The number of halogens is 1. The summed E-state index contributed by atoms with van der Waals surface area (Å²) in [5.41, 5.74) is 0.0769. The molecule has 0 aromatic rings. The Kier molecular flexibility index (Phi) is 4.46. The van der Waals surface area contributed by atoms with Crippen LogP contribution in [0.25, 0.3) is 0 Å². The van der Waals surface area contributed by atoms with Crippen molar-refractivity contribution in [3.05, 3.63) is 34.9 Å². The van der Waals surface area contributed by atoms with Crippen LogP contribution in [0, 0.1) is 5.92 Å². The molecule has 0 spiro atoms. The van der Waals surface area contributed by atoms with E-state index < -0.39 is 33.0 Å². The van der Waals surface area contributed by atoms with E-state index in [4.69, 9.17) is 20.4 Å². The topological polar surface area (TPSA) is 65.0 Å². The van der Waals surface area contributed by atoms with Crippen molar-refractivity contribution in [2.45, 2.75) is 6.10 Å². The minimum Gasteiger partial charge on any atom is -0.504 e. The highest BCUT2D eigenvalue weighted by Crippen LogP contribution is 2.41. The van der Waals surface area contributed by atoms with Gasteiger partial charge >= 0.3 is 0 Å². The molecule has 0 saturated heterocycles. The summed E-state index contributed by atoms with van der Waals surface area (Å²) in [5, 5.41) is 10.2. The quantitative estimate of drug-likeness (QED) is 0.456. The van der Waals surface area contributed by atoms with Crippen molar-refractivity contribution in [2.24, 2.45) is 5.92 Å². The maximum absolute atomic E-state index is 12.0. The fourth-order valence-electron chi connectivity index (χ4n) is 2.06. The van der Waals surface area contributed by atoms with Gasteiger partial charge in [0, 0.05) is 21.1 Å². The van der Waals surface area contributed by atoms with E-state index >= 15 is 0 Å². The van der Waals surface area contributed by atoms with Crippen LogP contribution < -0.4 is 0 Å². The number of methoxy groups -OCH3 is 2. The number of hydrogen-bond acceptors (Lipinski definition) is 5. The summed E-state index contributed by atoms with van der Waals surface area (Å²) in [6, 6.07) is 0. The molecule has 0 bridgehead atoms. The highest BCUT2D eigenvalue weighted by molar-refractivity contribution is 14.2. The van der Waals surface area contributed by atoms with Crippen LogP contribution in [0.15, 0.2) is 34.9 Å². The second-order valence-electron chi connectivity index (χ2n) is 3.83. The van der Waals surface area contributed by atoms with Crippen LogP contribution >= 0.6 is 21.1 Å². The van der Waals surface area contributed by atoms with Gasteiger partial charge < -0.3 is 17.6 Å². The average molecular weight is 374 g/mol. The van der Waals surface area contributed by atoms with Gasteiger partial charge in [0.2, 0.25) is 0 Å². The smallest absolute Gasteiger partial charge is 0.191 e. The Hall–Kier alpha value is -1.09. The van der Waals surface area contributed by atoms with Gasteiger partial charge in [0.25, 0.3) is 0 Å². The number of fused-ring (bicyclic) bond motifs is 1. The fourth-order valence-corrected chi connectivity index (χ4v) is 4.11. The molecule has 0 aromatic carbocycles. The van der Waals surface area contributed by atoms with Gasteiger partial charge in [0.15, 0.2) is 17.3 Å². The van der Waals surface area contributed by atoms with Gasteiger partial charge in [-0.2, -0.15) is 0 Å². The van der Waals surface area contributed by atoms with Gasteiger partial charge in [0.05, 0.1) is 20.1 Å². The highest BCUT2D eigenvalue weighted by Gasteiger charge is 2.43. The highest BCUT2D eigenvalue weighted by atomic mass is 127. The predicted octanol–water partition coefficient (Wildman–Crippen LogP) is 1.27. The van der Waals surface area contributed by atoms with Crippen LogP contribution in [-0.2, 0) is 17.3 Å². The van der Waals surface area contributed by atoms with E-state index in [0.717, 1.165) is 5.98 Å². The molecule has 2 radical (unpaired) electrons. The third kappa shape index (κ3) is 2.36. The third-order valence-electron chi connectivity index (χ3n) is 2.87. The van der Waals surface area contributed by atoms with Crippen LogP contribution in [0.4, 0.5) is 0 Å². The van der Waals surface area contributed by atoms with Gasteiger partial charge in [0.1, 0.15) is 25.3 Å². The van der Waals surface area contributed by atoms with E-state index in [1.807, 2.05) is 4.01 Å². The first-order chi connectivity index (χ1) is 9.15. The van der Waals surface area contributed by atoms with E-state index in [2.05, 4.69) is 0 Å². The number of aliphatic hydroxyl groups excluding tert-OH is 1. The van der Waals surface area contributed by atoms with E-state index in [1.54, 1.807) is 0 Å². The second kappa shape index (κ2) is 5.91. The van der Waals surface area contributed by atoms with Gasteiger partial charge in [-0.25, -0.2) is 0 Å². The van der Waals surface area contributed by atoms with E-state index in [-0.39, 0.29) is 23.0 Å². The number of rotatable bonds is 4. The molecular weight excluding hydrogens is 362 g/mol. The number of allylic oxidation sites excluding steroid dienone is 2. The molecule has 19 heavy (non-hydrogen) atoms. The summed E-state index contributed by atoms with van der Waals surface area (Å²) in [4.78, 5) is 12.0. The minimum atomic E-state index is -0.563. The minimum absolute atomic E-state index is 0.0769. The molecule has 0 fully saturated rings. The molecule has 2 atom stereocenters. The second-order valence-corrected chi connectivity index (χ2v) is 5.57. The number of ketones is 1. The van der Waals surface area contributed by atoms with Crippen LogP contribution in [0.2, 0.25) is 0 Å². The molecule has 1 aliphatic carbocycles. The van der Waals surface area contributed by atoms with Crippen LogP contribution in [0.1, 0.15) is 0 Å². The van der Waals surface area contributed by atoms with Crippen LogP contribution in [-0.4, -0.2) is 43.1 Å². The Morgan fingerprint density at radius 1 is 1.47 bits per heavy atom. The predicted molar refractivity (Wildman–Crippen MR) is 79.0 cm³/mol. The van der Waals surface area contributed by atoms with Crippen molar-refractivity contribution < 1.29 is 22.4 Å². The summed E-state index contributed by atoms with van der Waals surface area (Å²) in [7, 11) is 8.11. The van der Waals surface area contributed by atoms with Crippen molar-refractivity contribution in [3.63, 3.8) is 0 Å². The first kappa shape index (κ1) is 14.3. The Labute approximate surface area is 122 Å². The van der Waals surface area contributed by atoms with Crippen molar-refractivity contribution in [3.8, 4) is 0 Å². The standard InChI is InChI=1S/C12H12BIO5/c1-17-10-6-5-14-19-11(6)12(18-2)9(16)8(10)7(15)3-4-13/h3-6,11,16H,1-2H3/b4-3+. The molecule has 0 saturated carbocycles. The normalized spacial score (nSPS) is 26.4. The molecule has 2 unspecified atom stereocenters. The number of carbonyl (C=O) groups excluding carboxylic acids is 1. The van der Waals surface area contributed by atoms with Crippen LogP contribution in [0.3, 0.4) is 0 Å². The maximum atomic E-state index is 12.0. The van der Waals surface area contributed by atoms with Crippen molar-refractivity contribution in [2.75, 3.05) is 14.2 Å². The Morgan fingerprint density at radius 3 is 2.74 bits per heavy atom. The Bertz CT molecular complexity index is 520. The molecule has 7 heteroatoms. The largest absolute Gasteiger partial charge is 0.504 e. The summed E-state index contributed by atoms with van der Waals surface area (Å²) in [6.45, 7) is 0. The number of aliphatic hydroxyl groups is 1. The Balaban J connectivity index is 2.59. The molecule has 1 N–H and O–H groups in total. The fraction of sp³-hybridized carbons (Fsp3) is 0.333. The zero-order valence-corrected chi connectivity index (χ0v) is 12.6. The SMILES string of the molecule is [B]/C=C/C(=O)C1=C(OC)C2C=IOC2C(OC)=C1O.